The largest absolute Gasteiger partial charge is 0.476 e. The van der Waals surface area contributed by atoms with Gasteiger partial charge in [0.25, 0.3) is 5.91 Å². The van der Waals surface area contributed by atoms with Crippen LogP contribution >= 0.6 is 23.2 Å². The number of nitro groups is 1. The molecule has 7 nitrogen and oxygen atoms in total. The molecule has 1 aromatic carbocycles. The number of aryl methyl sites for hydroxylation is 1. The Bertz CT molecular complexity index is 768. The average molecular weight is 356 g/mol. The standard InChI is InChI=1S/C14H11Cl2N3O4/c1-8-2-5-12(14(17-8)19(21)22)23-7-13(20)18-11-6-9(15)3-4-10(11)16/h2-6H,7H2,1H3,(H,18,20). The van der Waals surface area contributed by atoms with E-state index in [1.165, 1.54) is 18.2 Å². The molecule has 120 valence electrons. The molecule has 9 heteroatoms. The SMILES string of the molecule is Cc1ccc(OCC(=O)Nc2cc(Cl)ccc2Cl)c([N+](=O)[O-])n1. The number of halogens is 2. The van der Waals surface area contributed by atoms with Crippen molar-refractivity contribution in [3.63, 3.8) is 0 Å². The van der Waals surface area contributed by atoms with Gasteiger partial charge in [0.05, 0.1) is 10.7 Å². The van der Waals surface area contributed by atoms with E-state index in [1.807, 2.05) is 0 Å². The molecule has 0 atom stereocenters. The molecule has 0 radical (unpaired) electrons. The number of aromatic nitrogens is 1. The normalized spacial score (nSPS) is 10.2. The van der Waals surface area contributed by atoms with Crippen LogP contribution in [0.15, 0.2) is 30.3 Å². The van der Waals surface area contributed by atoms with Crippen molar-refractivity contribution < 1.29 is 14.5 Å². The molecule has 2 aromatic rings. The minimum atomic E-state index is -0.673. The zero-order valence-electron chi connectivity index (χ0n) is 11.9. The minimum Gasteiger partial charge on any atom is -0.476 e. The van der Waals surface area contributed by atoms with Gasteiger partial charge in [-0.1, -0.05) is 23.2 Å². The first-order valence-electron chi connectivity index (χ1n) is 6.36. The van der Waals surface area contributed by atoms with Crippen LogP contribution < -0.4 is 10.1 Å². The van der Waals surface area contributed by atoms with Gasteiger partial charge < -0.3 is 20.2 Å². The fraction of sp³-hybridized carbons (Fsp3) is 0.143. The summed E-state index contributed by atoms with van der Waals surface area (Å²) in [4.78, 5) is 25.9. The number of hydrogen-bond donors (Lipinski definition) is 1. The highest BCUT2D eigenvalue weighted by molar-refractivity contribution is 6.35. The van der Waals surface area contributed by atoms with Crippen molar-refractivity contribution in [1.82, 2.24) is 4.98 Å². The summed E-state index contributed by atoms with van der Waals surface area (Å²) < 4.78 is 5.17. The lowest BCUT2D eigenvalue weighted by Gasteiger charge is -2.09. The van der Waals surface area contributed by atoms with Gasteiger partial charge in [0, 0.05) is 11.9 Å². The molecular formula is C14H11Cl2N3O4. The predicted molar refractivity (Wildman–Crippen MR) is 86.2 cm³/mol. The van der Waals surface area contributed by atoms with Crippen LogP contribution in [-0.4, -0.2) is 22.4 Å². The lowest BCUT2D eigenvalue weighted by Crippen LogP contribution is -2.20. The molecule has 0 bridgehead atoms. The summed E-state index contributed by atoms with van der Waals surface area (Å²) in [6.07, 6.45) is 0. The fourth-order valence-electron chi connectivity index (χ4n) is 1.70. The van der Waals surface area contributed by atoms with Crippen molar-refractivity contribution in [2.75, 3.05) is 11.9 Å². The molecule has 0 saturated carbocycles. The zero-order chi connectivity index (χ0) is 17.0. The Morgan fingerprint density at radius 3 is 2.78 bits per heavy atom. The van der Waals surface area contributed by atoms with Gasteiger partial charge in [-0.2, -0.15) is 0 Å². The molecule has 0 aliphatic carbocycles. The Morgan fingerprint density at radius 2 is 2.09 bits per heavy atom. The number of amides is 1. The molecule has 2 rings (SSSR count). The van der Waals surface area contributed by atoms with E-state index in [0.717, 1.165) is 0 Å². The van der Waals surface area contributed by atoms with Gasteiger partial charge in [0.15, 0.2) is 6.61 Å². The van der Waals surface area contributed by atoms with E-state index in [0.29, 0.717) is 21.4 Å². The molecule has 1 heterocycles. The van der Waals surface area contributed by atoms with Crippen LogP contribution in [-0.2, 0) is 4.79 Å². The van der Waals surface area contributed by atoms with Crippen molar-refractivity contribution in [3.05, 3.63) is 56.2 Å². The molecule has 0 aliphatic heterocycles. The van der Waals surface area contributed by atoms with Crippen molar-refractivity contribution in [2.45, 2.75) is 6.92 Å². The van der Waals surface area contributed by atoms with Crippen LogP contribution in [0.4, 0.5) is 11.5 Å². The lowest BCUT2D eigenvalue weighted by molar-refractivity contribution is -0.390. The molecule has 1 aromatic heterocycles. The number of anilines is 1. The molecule has 1 N–H and O–H groups in total. The Labute approximate surface area is 141 Å². The molecule has 0 fully saturated rings. The summed E-state index contributed by atoms with van der Waals surface area (Å²) in [6.45, 7) is 1.18. The first-order chi connectivity index (χ1) is 10.9. The Hall–Kier alpha value is -2.38. The first kappa shape index (κ1) is 17.0. The smallest absolute Gasteiger partial charge is 0.406 e. The second-order valence-corrected chi connectivity index (χ2v) is 5.34. The van der Waals surface area contributed by atoms with Crippen LogP contribution in [0.1, 0.15) is 5.69 Å². The van der Waals surface area contributed by atoms with Crippen LogP contribution in [0, 0.1) is 17.0 Å². The van der Waals surface area contributed by atoms with E-state index >= 15 is 0 Å². The summed E-state index contributed by atoms with van der Waals surface area (Å²) in [7, 11) is 0. The third-order valence-corrected chi connectivity index (χ3v) is 3.28. The highest BCUT2D eigenvalue weighted by atomic mass is 35.5. The highest BCUT2D eigenvalue weighted by Gasteiger charge is 2.18. The summed E-state index contributed by atoms with van der Waals surface area (Å²) in [6, 6.07) is 7.54. The third-order valence-electron chi connectivity index (χ3n) is 2.71. The van der Waals surface area contributed by atoms with E-state index in [2.05, 4.69) is 10.3 Å². The number of rotatable bonds is 5. The van der Waals surface area contributed by atoms with Crippen molar-refractivity contribution in [2.24, 2.45) is 0 Å². The number of nitrogens with one attached hydrogen (secondary N) is 1. The maximum Gasteiger partial charge on any atom is 0.406 e. The molecule has 0 aliphatic rings. The highest BCUT2D eigenvalue weighted by Crippen LogP contribution is 2.26. The molecule has 1 amide bonds. The van der Waals surface area contributed by atoms with Gasteiger partial charge >= 0.3 is 5.82 Å². The van der Waals surface area contributed by atoms with Gasteiger partial charge in [0.2, 0.25) is 5.75 Å². The molecule has 0 saturated heterocycles. The second kappa shape index (κ2) is 7.26. The molecule has 0 spiro atoms. The van der Waals surface area contributed by atoms with E-state index in [-0.39, 0.29) is 5.75 Å². The van der Waals surface area contributed by atoms with Gasteiger partial charge in [0.1, 0.15) is 5.69 Å². The van der Waals surface area contributed by atoms with Crippen molar-refractivity contribution >= 4 is 40.6 Å². The third kappa shape index (κ3) is 4.54. The second-order valence-electron chi connectivity index (χ2n) is 4.49. The molecule has 0 unspecified atom stereocenters. The maximum absolute atomic E-state index is 11.9. The lowest BCUT2D eigenvalue weighted by atomic mass is 10.3. The number of carbonyl (C=O) groups is 1. The summed E-state index contributed by atoms with van der Waals surface area (Å²) in [5.74, 6) is -1.07. The Kier molecular flexibility index (Phi) is 5.36. The molecular weight excluding hydrogens is 345 g/mol. The first-order valence-corrected chi connectivity index (χ1v) is 7.12. The number of hydrogen-bond acceptors (Lipinski definition) is 5. The van der Waals surface area contributed by atoms with Gasteiger partial charge in [-0.25, -0.2) is 0 Å². The Balaban J connectivity index is 2.05. The van der Waals surface area contributed by atoms with E-state index in [4.69, 9.17) is 27.9 Å². The number of nitrogens with zero attached hydrogens (tertiary/aromatic N) is 2. The van der Waals surface area contributed by atoms with Crippen LogP contribution in [0.5, 0.6) is 5.75 Å². The average Bonchev–Trinajstić information content (AvgIpc) is 2.49. The number of carbonyl (C=O) groups excluding carboxylic acids is 1. The van der Waals surface area contributed by atoms with Crippen molar-refractivity contribution in [3.8, 4) is 5.75 Å². The fourth-order valence-corrected chi connectivity index (χ4v) is 2.03. The van der Waals surface area contributed by atoms with Crippen LogP contribution in [0.2, 0.25) is 10.0 Å². The van der Waals surface area contributed by atoms with Gasteiger partial charge in [-0.3, -0.25) is 4.79 Å². The number of pyridine rings is 1. The molecule has 23 heavy (non-hydrogen) atoms. The van der Waals surface area contributed by atoms with Gasteiger partial charge in [-0.15, -0.1) is 0 Å². The Morgan fingerprint density at radius 1 is 1.35 bits per heavy atom. The van der Waals surface area contributed by atoms with Crippen LogP contribution in [0.25, 0.3) is 0 Å². The van der Waals surface area contributed by atoms with E-state index < -0.39 is 23.3 Å². The minimum absolute atomic E-state index is 0.0899. The predicted octanol–water partition coefficient (Wildman–Crippen LogP) is 3.62. The van der Waals surface area contributed by atoms with E-state index in [1.54, 1.807) is 19.1 Å². The summed E-state index contributed by atoms with van der Waals surface area (Å²) >= 11 is 11.7. The monoisotopic (exact) mass is 355 g/mol. The van der Waals surface area contributed by atoms with Crippen molar-refractivity contribution in [1.29, 1.82) is 0 Å². The van der Waals surface area contributed by atoms with Gasteiger partial charge in [-0.05, 0) is 40.2 Å². The van der Waals surface area contributed by atoms with Crippen LogP contribution in [0.3, 0.4) is 0 Å². The van der Waals surface area contributed by atoms with E-state index in [9.17, 15) is 14.9 Å². The summed E-state index contributed by atoms with van der Waals surface area (Å²) in [5.41, 5.74) is 0.795. The topological polar surface area (TPSA) is 94.4 Å². The quantitative estimate of drug-likeness (QED) is 0.652. The zero-order valence-corrected chi connectivity index (χ0v) is 13.4. The number of benzene rings is 1. The number of ether oxygens (including phenoxy) is 1. The maximum atomic E-state index is 11.9. The summed E-state index contributed by atoms with van der Waals surface area (Å²) in [5, 5.41) is 14.2.